The summed E-state index contributed by atoms with van der Waals surface area (Å²) in [6.07, 6.45) is 4.42. The molecule has 1 aromatic carbocycles. The standard InChI is InChI=1S/C20H23N3O3S/c24-17(6-3-11-23-18(25)9-10-19(23)26)21-14-8-7-13(12-14)20-22-15-4-1-2-5-16(15)27-20/h1-2,4-5,13-14H,3,6-12H2,(H,21,24)/t13-,14-/m0/s1. The van der Waals surface area contributed by atoms with Gasteiger partial charge < -0.3 is 5.32 Å². The van der Waals surface area contributed by atoms with Crippen molar-refractivity contribution in [2.24, 2.45) is 0 Å². The summed E-state index contributed by atoms with van der Waals surface area (Å²) in [7, 11) is 0. The van der Waals surface area contributed by atoms with E-state index < -0.39 is 0 Å². The van der Waals surface area contributed by atoms with Crippen LogP contribution >= 0.6 is 11.3 Å². The van der Waals surface area contributed by atoms with E-state index in [0.29, 0.717) is 38.1 Å². The van der Waals surface area contributed by atoms with Gasteiger partial charge in [-0.2, -0.15) is 0 Å². The number of nitrogens with zero attached hydrogens (tertiary/aromatic N) is 2. The monoisotopic (exact) mass is 385 g/mol. The van der Waals surface area contributed by atoms with Crippen LogP contribution in [0.15, 0.2) is 24.3 Å². The zero-order valence-corrected chi connectivity index (χ0v) is 16.0. The molecule has 1 aliphatic heterocycles. The highest BCUT2D eigenvalue weighted by atomic mass is 32.1. The smallest absolute Gasteiger partial charge is 0.229 e. The number of amides is 3. The molecule has 2 heterocycles. The molecule has 1 aromatic heterocycles. The maximum Gasteiger partial charge on any atom is 0.229 e. The van der Waals surface area contributed by atoms with E-state index >= 15 is 0 Å². The fraction of sp³-hybridized carbons (Fsp3) is 0.500. The zero-order chi connectivity index (χ0) is 18.8. The SMILES string of the molecule is O=C(CCCN1C(=O)CCC1=O)N[C@H]1CC[C@H](c2nc3ccccc3s2)C1. The van der Waals surface area contributed by atoms with E-state index in [1.54, 1.807) is 11.3 Å². The number of rotatable bonds is 6. The van der Waals surface area contributed by atoms with Crippen molar-refractivity contribution in [2.75, 3.05) is 6.54 Å². The number of imide groups is 1. The van der Waals surface area contributed by atoms with Crippen molar-refractivity contribution < 1.29 is 14.4 Å². The lowest BCUT2D eigenvalue weighted by Gasteiger charge is -2.15. The molecule has 142 valence electrons. The molecule has 0 spiro atoms. The van der Waals surface area contributed by atoms with Gasteiger partial charge >= 0.3 is 0 Å². The van der Waals surface area contributed by atoms with Crippen LogP contribution in [0.3, 0.4) is 0 Å². The first-order chi connectivity index (χ1) is 13.1. The molecular formula is C20H23N3O3S. The number of para-hydroxylation sites is 1. The molecule has 4 rings (SSSR count). The molecule has 1 saturated heterocycles. The van der Waals surface area contributed by atoms with Gasteiger partial charge in [-0.25, -0.2) is 4.98 Å². The van der Waals surface area contributed by atoms with Gasteiger partial charge in [0, 0.05) is 37.8 Å². The van der Waals surface area contributed by atoms with Crippen LogP contribution in [-0.2, 0) is 14.4 Å². The van der Waals surface area contributed by atoms with Crippen molar-refractivity contribution in [3.05, 3.63) is 29.3 Å². The highest BCUT2D eigenvalue weighted by Crippen LogP contribution is 2.38. The van der Waals surface area contributed by atoms with Crippen LogP contribution in [0.1, 0.15) is 55.9 Å². The Bertz CT molecular complexity index is 829. The largest absolute Gasteiger partial charge is 0.353 e. The highest BCUT2D eigenvalue weighted by Gasteiger charge is 2.30. The maximum absolute atomic E-state index is 12.2. The van der Waals surface area contributed by atoms with Crippen LogP contribution in [0, 0.1) is 0 Å². The molecule has 3 amide bonds. The third-order valence-corrected chi connectivity index (χ3v) is 6.60. The first-order valence-corrected chi connectivity index (χ1v) is 10.4. The van der Waals surface area contributed by atoms with Gasteiger partial charge in [-0.05, 0) is 37.8 Å². The average molecular weight is 385 g/mol. The van der Waals surface area contributed by atoms with Crippen molar-refractivity contribution in [1.82, 2.24) is 15.2 Å². The molecule has 2 aliphatic rings. The lowest BCUT2D eigenvalue weighted by Crippen LogP contribution is -2.34. The number of aromatic nitrogens is 1. The molecule has 6 nitrogen and oxygen atoms in total. The molecule has 0 radical (unpaired) electrons. The predicted octanol–water partition coefficient (Wildman–Crippen LogP) is 2.98. The fourth-order valence-electron chi connectivity index (χ4n) is 3.97. The van der Waals surface area contributed by atoms with Crippen molar-refractivity contribution in [3.63, 3.8) is 0 Å². The highest BCUT2D eigenvalue weighted by molar-refractivity contribution is 7.18. The molecule has 0 unspecified atom stereocenters. The predicted molar refractivity (Wildman–Crippen MR) is 103 cm³/mol. The maximum atomic E-state index is 12.2. The van der Waals surface area contributed by atoms with Crippen LogP contribution in [0.4, 0.5) is 0 Å². The number of thiazole rings is 1. The zero-order valence-electron chi connectivity index (χ0n) is 15.1. The lowest BCUT2D eigenvalue weighted by atomic mass is 10.1. The number of fused-ring (bicyclic) bond motifs is 1. The van der Waals surface area contributed by atoms with E-state index in [-0.39, 0.29) is 23.8 Å². The summed E-state index contributed by atoms with van der Waals surface area (Å²) in [5.41, 5.74) is 1.05. The molecule has 1 saturated carbocycles. The van der Waals surface area contributed by atoms with Gasteiger partial charge in [0.25, 0.3) is 0 Å². The number of benzene rings is 1. The van der Waals surface area contributed by atoms with Crippen molar-refractivity contribution in [1.29, 1.82) is 0 Å². The Morgan fingerprint density at radius 2 is 1.96 bits per heavy atom. The molecule has 27 heavy (non-hydrogen) atoms. The van der Waals surface area contributed by atoms with Crippen LogP contribution in [-0.4, -0.2) is 40.2 Å². The fourth-order valence-corrected chi connectivity index (χ4v) is 5.09. The van der Waals surface area contributed by atoms with Gasteiger partial charge in [0.15, 0.2) is 0 Å². The van der Waals surface area contributed by atoms with Gasteiger partial charge in [-0.15, -0.1) is 11.3 Å². The number of nitrogens with one attached hydrogen (secondary N) is 1. The summed E-state index contributed by atoms with van der Waals surface area (Å²) >= 11 is 1.75. The van der Waals surface area contributed by atoms with Crippen LogP contribution in [0.5, 0.6) is 0 Å². The number of hydrogen-bond acceptors (Lipinski definition) is 5. The molecule has 2 fully saturated rings. The Labute approximate surface area is 161 Å². The normalized spacial score (nSPS) is 22.7. The second kappa shape index (κ2) is 7.76. The molecule has 2 atom stereocenters. The molecule has 1 N–H and O–H groups in total. The second-order valence-electron chi connectivity index (χ2n) is 7.34. The third kappa shape index (κ3) is 4.03. The first kappa shape index (κ1) is 18.1. The van der Waals surface area contributed by atoms with E-state index in [1.165, 1.54) is 14.6 Å². The Morgan fingerprint density at radius 1 is 1.19 bits per heavy atom. The van der Waals surface area contributed by atoms with Gasteiger partial charge in [0.05, 0.1) is 15.2 Å². The molecule has 7 heteroatoms. The quantitative estimate of drug-likeness (QED) is 0.776. The minimum Gasteiger partial charge on any atom is -0.353 e. The Kier molecular flexibility index (Phi) is 5.20. The van der Waals surface area contributed by atoms with E-state index in [1.807, 2.05) is 18.2 Å². The van der Waals surface area contributed by atoms with E-state index in [0.717, 1.165) is 24.8 Å². The number of carbonyl (C=O) groups excluding carboxylic acids is 3. The molecule has 0 bridgehead atoms. The molecular weight excluding hydrogens is 362 g/mol. The number of hydrogen-bond donors (Lipinski definition) is 1. The molecule has 2 aromatic rings. The van der Waals surface area contributed by atoms with Crippen LogP contribution in [0.25, 0.3) is 10.2 Å². The summed E-state index contributed by atoms with van der Waals surface area (Å²) in [5.74, 6) is 0.182. The van der Waals surface area contributed by atoms with Gasteiger partial charge in [-0.1, -0.05) is 12.1 Å². The Hall–Kier alpha value is -2.28. The minimum atomic E-state index is -0.116. The van der Waals surface area contributed by atoms with E-state index in [2.05, 4.69) is 11.4 Å². The summed E-state index contributed by atoms with van der Waals surface area (Å²) < 4.78 is 1.21. The number of carbonyl (C=O) groups is 3. The first-order valence-electron chi connectivity index (χ1n) is 9.58. The Balaban J connectivity index is 1.24. The van der Waals surface area contributed by atoms with Crippen molar-refractivity contribution in [3.8, 4) is 0 Å². The van der Waals surface area contributed by atoms with Crippen molar-refractivity contribution in [2.45, 2.75) is 56.9 Å². The van der Waals surface area contributed by atoms with Gasteiger partial charge in [0.1, 0.15) is 0 Å². The second-order valence-corrected chi connectivity index (χ2v) is 8.40. The summed E-state index contributed by atoms with van der Waals surface area (Å²) in [4.78, 5) is 41.4. The summed E-state index contributed by atoms with van der Waals surface area (Å²) in [6.45, 7) is 0.351. The third-order valence-electron chi connectivity index (χ3n) is 5.40. The van der Waals surface area contributed by atoms with Crippen LogP contribution in [0.2, 0.25) is 0 Å². The van der Waals surface area contributed by atoms with Gasteiger partial charge in [0.2, 0.25) is 17.7 Å². The summed E-state index contributed by atoms with van der Waals surface area (Å²) in [5, 5.41) is 4.28. The topological polar surface area (TPSA) is 79.4 Å². The van der Waals surface area contributed by atoms with Crippen molar-refractivity contribution >= 4 is 39.3 Å². The van der Waals surface area contributed by atoms with Gasteiger partial charge in [-0.3, -0.25) is 19.3 Å². The van der Waals surface area contributed by atoms with E-state index in [9.17, 15) is 14.4 Å². The Morgan fingerprint density at radius 3 is 2.74 bits per heavy atom. The number of likely N-dealkylation sites (tertiary alicyclic amines) is 1. The van der Waals surface area contributed by atoms with Crippen LogP contribution < -0.4 is 5.32 Å². The average Bonchev–Trinajstić information content (AvgIpc) is 3.35. The summed E-state index contributed by atoms with van der Waals surface area (Å²) in [6, 6.07) is 8.36. The molecule has 1 aliphatic carbocycles. The van der Waals surface area contributed by atoms with E-state index in [4.69, 9.17) is 4.98 Å². The minimum absolute atomic E-state index is 0.00375. The lowest BCUT2D eigenvalue weighted by molar-refractivity contribution is -0.138.